The zero-order chi connectivity index (χ0) is 19.8. The fourth-order valence-electron chi connectivity index (χ4n) is 3.56. The number of hydrogen-bond donors (Lipinski definition) is 2. The van der Waals surface area contributed by atoms with E-state index in [0.717, 1.165) is 24.3 Å². The van der Waals surface area contributed by atoms with Crippen LogP contribution in [0.15, 0.2) is 84.9 Å². The minimum Gasteiger partial charge on any atom is -0.388 e. The summed E-state index contributed by atoms with van der Waals surface area (Å²) in [6.45, 7) is 6.34. The number of rotatable bonds is 9. The van der Waals surface area contributed by atoms with Gasteiger partial charge in [0.2, 0.25) is 0 Å². The van der Waals surface area contributed by atoms with Gasteiger partial charge in [-0.3, -0.25) is 0 Å². The Labute approximate surface area is 168 Å². The van der Waals surface area contributed by atoms with Gasteiger partial charge >= 0.3 is 0 Å². The third-order valence-corrected chi connectivity index (χ3v) is 5.18. The zero-order valence-corrected chi connectivity index (χ0v) is 16.8. The molecule has 28 heavy (non-hydrogen) atoms. The first-order chi connectivity index (χ1) is 13.7. The van der Waals surface area contributed by atoms with E-state index in [4.69, 9.17) is 0 Å². The van der Waals surface area contributed by atoms with Crippen molar-refractivity contribution in [3.63, 3.8) is 0 Å². The van der Waals surface area contributed by atoms with Crippen molar-refractivity contribution in [3.8, 4) is 0 Å². The van der Waals surface area contributed by atoms with Crippen LogP contribution in [0.25, 0.3) is 0 Å². The molecule has 0 amide bonds. The molecule has 0 spiro atoms. The Morgan fingerprint density at radius 3 is 1.82 bits per heavy atom. The summed E-state index contributed by atoms with van der Waals surface area (Å²) in [4.78, 5) is 2.33. The lowest BCUT2D eigenvalue weighted by molar-refractivity contribution is 0.160. The highest BCUT2D eigenvalue weighted by Crippen LogP contribution is 2.30. The molecule has 0 aliphatic rings. The second-order valence-electron chi connectivity index (χ2n) is 6.99. The molecule has 0 aliphatic heterocycles. The number of hydrogen-bond acceptors (Lipinski definition) is 3. The van der Waals surface area contributed by atoms with Gasteiger partial charge in [-0.2, -0.15) is 0 Å². The maximum Gasteiger partial charge on any atom is 0.0812 e. The van der Waals surface area contributed by atoms with E-state index < -0.39 is 6.10 Å². The van der Waals surface area contributed by atoms with Gasteiger partial charge in [0.1, 0.15) is 0 Å². The summed E-state index contributed by atoms with van der Waals surface area (Å²) in [5.41, 5.74) is 4.41. The van der Waals surface area contributed by atoms with Crippen molar-refractivity contribution in [1.29, 1.82) is 0 Å². The van der Waals surface area contributed by atoms with Gasteiger partial charge in [-0.05, 0) is 49.2 Å². The summed E-state index contributed by atoms with van der Waals surface area (Å²) in [6.07, 6.45) is 0.0834. The molecule has 3 nitrogen and oxygen atoms in total. The lowest BCUT2D eigenvalue weighted by Crippen LogP contribution is -2.21. The van der Waals surface area contributed by atoms with Gasteiger partial charge in [0, 0.05) is 30.9 Å². The molecular weight excluding hydrogens is 344 g/mol. The Hall–Kier alpha value is -2.78. The molecule has 0 aliphatic carbocycles. The molecule has 0 saturated carbocycles. The summed E-state index contributed by atoms with van der Waals surface area (Å²) in [6, 6.07) is 28.8. The highest BCUT2D eigenvalue weighted by atomic mass is 16.3. The Kier molecular flexibility index (Phi) is 7.10. The quantitative estimate of drug-likeness (QED) is 0.496. The van der Waals surface area contributed by atoms with E-state index in [1.807, 2.05) is 48.5 Å². The second kappa shape index (κ2) is 9.95. The molecule has 0 radical (unpaired) electrons. The topological polar surface area (TPSA) is 35.5 Å². The molecule has 0 unspecified atom stereocenters. The van der Waals surface area contributed by atoms with Crippen molar-refractivity contribution in [2.24, 2.45) is 0 Å². The van der Waals surface area contributed by atoms with Gasteiger partial charge in [-0.15, -0.1) is 0 Å². The first-order valence-electron chi connectivity index (χ1n) is 10.1. The van der Waals surface area contributed by atoms with E-state index in [1.165, 1.54) is 11.3 Å². The van der Waals surface area contributed by atoms with Crippen LogP contribution < -0.4 is 10.2 Å². The second-order valence-corrected chi connectivity index (χ2v) is 6.99. The van der Waals surface area contributed by atoms with Crippen LogP contribution in [0.3, 0.4) is 0 Å². The van der Waals surface area contributed by atoms with Crippen LogP contribution in [-0.2, 0) is 0 Å². The molecular formula is C25H30N2O. The first-order valence-corrected chi connectivity index (χ1v) is 10.1. The predicted octanol–water partition coefficient (Wildman–Crippen LogP) is 5.81. The first kappa shape index (κ1) is 20.0. The number of nitrogens with one attached hydrogen (secondary N) is 1. The normalized spacial score (nSPS) is 13.0. The van der Waals surface area contributed by atoms with E-state index in [0.29, 0.717) is 6.42 Å². The summed E-state index contributed by atoms with van der Waals surface area (Å²) < 4.78 is 0. The molecule has 0 bridgehead atoms. The lowest BCUT2D eigenvalue weighted by atomic mass is 9.96. The van der Waals surface area contributed by atoms with Crippen LogP contribution >= 0.6 is 0 Å². The fraction of sp³-hybridized carbons (Fsp3) is 0.280. The lowest BCUT2D eigenvalue weighted by Gasteiger charge is -2.25. The van der Waals surface area contributed by atoms with Crippen molar-refractivity contribution >= 4 is 11.4 Å². The van der Waals surface area contributed by atoms with E-state index in [1.54, 1.807) is 0 Å². The van der Waals surface area contributed by atoms with Crippen LogP contribution in [0.1, 0.15) is 43.5 Å². The molecule has 3 heteroatoms. The maximum atomic E-state index is 10.8. The van der Waals surface area contributed by atoms with Crippen molar-refractivity contribution in [1.82, 2.24) is 0 Å². The third kappa shape index (κ3) is 5.14. The number of aliphatic hydroxyl groups excluding tert-OH is 1. The van der Waals surface area contributed by atoms with Gasteiger partial charge in [0.15, 0.2) is 0 Å². The highest BCUT2D eigenvalue weighted by Gasteiger charge is 2.18. The van der Waals surface area contributed by atoms with Crippen LogP contribution in [0.4, 0.5) is 11.4 Å². The molecule has 0 saturated heterocycles. The molecule has 0 fully saturated rings. The maximum absolute atomic E-state index is 10.8. The van der Waals surface area contributed by atoms with E-state index >= 15 is 0 Å². The number of anilines is 2. The molecule has 2 N–H and O–H groups in total. The number of nitrogens with zero attached hydrogens (tertiary/aromatic N) is 1. The van der Waals surface area contributed by atoms with E-state index in [-0.39, 0.29) is 6.04 Å². The molecule has 0 aromatic heterocycles. The van der Waals surface area contributed by atoms with Gasteiger partial charge < -0.3 is 15.3 Å². The Morgan fingerprint density at radius 2 is 1.29 bits per heavy atom. The molecule has 2 atom stereocenters. The van der Waals surface area contributed by atoms with Crippen LogP contribution in [0.2, 0.25) is 0 Å². The Bertz CT molecular complexity index is 814. The number of aliphatic hydroxyl groups is 1. The van der Waals surface area contributed by atoms with Crippen molar-refractivity contribution < 1.29 is 5.11 Å². The Morgan fingerprint density at radius 1 is 0.750 bits per heavy atom. The minimum atomic E-state index is -0.520. The van der Waals surface area contributed by atoms with Crippen molar-refractivity contribution in [3.05, 3.63) is 96.1 Å². The average molecular weight is 375 g/mol. The van der Waals surface area contributed by atoms with Crippen LogP contribution in [-0.4, -0.2) is 18.2 Å². The molecule has 3 rings (SSSR count). The highest BCUT2D eigenvalue weighted by molar-refractivity contribution is 5.56. The predicted molar refractivity (Wildman–Crippen MR) is 119 cm³/mol. The molecule has 0 heterocycles. The third-order valence-electron chi connectivity index (χ3n) is 5.18. The fourth-order valence-corrected chi connectivity index (χ4v) is 3.56. The molecule has 146 valence electrons. The zero-order valence-electron chi connectivity index (χ0n) is 16.8. The summed E-state index contributed by atoms with van der Waals surface area (Å²) in [5, 5.41) is 14.4. The standard InChI is InChI=1S/C25H30N2O/c1-3-27(4-2)23-17-15-22(16-18-23)26-24(20-11-7-5-8-12-20)19-25(28)21-13-9-6-10-14-21/h5-18,24-26,28H,3-4,19H2,1-2H3/t24-,25+/m0/s1. The van der Waals surface area contributed by atoms with Gasteiger partial charge in [-0.25, -0.2) is 0 Å². The summed E-state index contributed by atoms with van der Waals surface area (Å²) in [7, 11) is 0. The van der Waals surface area contributed by atoms with Crippen LogP contribution in [0, 0.1) is 0 Å². The SMILES string of the molecule is CCN(CC)c1ccc(N[C@@H](C[C@@H](O)c2ccccc2)c2ccccc2)cc1. The van der Waals surface area contributed by atoms with Crippen molar-refractivity contribution in [2.75, 3.05) is 23.3 Å². The largest absolute Gasteiger partial charge is 0.388 e. The number of benzene rings is 3. The average Bonchev–Trinajstić information content (AvgIpc) is 2.76. The van der Waals surface area contributed by atoms with Crippen LogP contribution in [0.5, 0.6) is 0 Å². The summed E-state index contributed by atoms with van der Waals surface area (Å²) >= 11 is 0. The molecule has 3 aromatic rings. The van der Waals surface area contributed by atoms with E-state index in [2.05, 4.69) is 60.5 Å². The monoisotopic (exact) mass is 374 g/mol. The van der Waals surface area contributed by atoms with E-state index in [9.17, 15) is 5.11 Å². The summed E-state index contributed by atoms with van der Waals surface area (Å²) in [5.74, 6) is 0. The van der Waals surface area contributed by atoms with Gasteiger partial charge in [-0.1, -0.05) is 60.7 Å². The smallest absolute Gasteiger partial charge is 0.0812 e. The minimum absolute atomic E-state index is 0.0238. The van der Waals surface area contributed by atoms with Crippen molar-refractivity contribution in [2.45, 2.75) is 32.4 Å². The Balaban J connectivity index is 1.78. The molecule has 3 aromatic carbocycles. The van der Waals surface area contributed by atoms with Gasteiger partial charge in [0.25, 0.3) is 0 Å². The van der Waals surface area contributed by atoms with Gasteiger partial charge in [0.05, 0.1) is 12.1 Å².